The summed E-state index contributed by atoms with van der Waals surface area (Å²) in [6, 6.07) is 5.55. The van der Waals surface area contributed by atoms with E-state index in [0.29, 0.717) is 5.82 Å². The minimum absolute atomic E-state index is 0.0766. The van der Waals surface area contributed by atoms with Crippen molar-refractivity contribution in [1.82, 2.24) is 15.0 Å². The second kappa shape index (κ2) is 9.82. The number of ether oxygens (including phenoxy) is 2. The summed E-state index contributed by atoms with van der Waals surface area (Å²) in [5.74, 6) is -2.36. The first-order valence-corrected chi connectivity index (χ1v) is 10.2. The number of anilines is 2. The molecule has 2 N–H and O–H groups in total. The lowest BCUT2D eigenvalue weighted by molar-refractivity contribution is -0.400. The highest BCUT2D eigenvalue weighted by molar-refractivity contribution is 6.08. The van der Waals surface area contributed by atoms with Gasteiger partial charge in [-0.2, -0.15) is 0 Å². The summed E-state index contributed by atoms with van der Waals surface area (Å²) < 4.78 is 61.9. The van der Waals surface area contributed by atoms with E-state index in [2.05, 4.69) is 38.2 Å². The molecule has 1 unspecified atom stereocenters. The molecule has 0 radical (unpaired) electrons. The fourth-order valence-corrected chi connectivity index (χ4v) is 3.36. The van der Waals surface area contributed by atoms with Crippen LogP contribution in [-0.2, 0) is 9.53 Å². The van der Waals surface area contributed by atoms with Crippen LogP contribution in [0.4, 0.5) is 33.9 Å². The molecule has 36 heavy (non-hydrogen) atoms. The Morgan fingerprint density at radius 3 is 2.83 bits per heavy atom. The van der Waals surface area contributed by atoms with Crippen LogP contribution in [0.5, 0.6) is 5.75 Å². The third kappa shape index (κ3) is 5.46. The van der Waals surface area contributed by atoms with E-state index < -0.39 is 35.9 Å². The highest BCUT2D eigenvalue weighted by atomic mass is 19.4. The van der Waals surface area contributed by atoms with Gasteiger partial charge in [-0.25, -0.2) is 14.2 Å². The Hall–Kier alpha value is -4.80. The van der Waals surface area contributed by atoms with Crippen LogP contribution in [0, 0.1) is 12.0 Å². The van der Waals surface area contributed by atoms with Crippen molar-refractivity contribution < 1.29 is 41.7 Å². The lowest BCUT2D eigenvalue weighted by Gasteiger charge is -2.30. The number of nitrogens with one attached hydrogen (secondary N) is 2. The van der Waals surface area contributed by atoms with Gasteiger partial charge in [0.05, 0.1) is 24.1 Å². The maximum Gasteiger partial charge on any atom is 0.573 e. The highest BCUT2D eigenvalue weighted by Crippen LogP contribution is 2.30. The molecular formula is C22H17F4N6O4+. The maximum absolute atomic E-state index is 14.3. The van der Waals surface area contributed by atoms with Gasteiger partial charge >= 0.3 is 18.6 Å². The van der Waals surface area contributed by atoms with Gasteiger partial charge in [-0.05, 0) is 29.8 Å². The second-order valence-electron chi connectivity index (χ2n) is 7.30. The van der Waals surface area contributed by atoms with Gasteiger partial charge in [0.1, 0.15) is 24.4 Å². The lowest BCUT2D eigenvalue weighted by Crippen LogP contribution is -2.49. The van der Waals surface area contributed by atoms with Gasteiger partial charge in [0.15, 0.2) is 17.4 Å². The number of urea groups is 1. The van der Waals surface area contributed by atoms with Crippen LogP contribution < -0.4 is 25.4 Å². The number of nitrogens with zero attached hydrogens (tertiary/aromatic N) is 4. The molecule has 1 aliphatic heterocycles. The highest BCUT2D eigenvalue weighted by Gasteiger charge is 2.33. The molecule has 0 bridgehead atoms. The van der Waals surface area contributed by atoms with Crippen molar-refractivity contribution in [2.75, 3.05) is 23.4 Å². The van der Waals surface area contributed by atoms with Gasteiger partial charge in [0.25, 0.3) is 0 Å². The van der Waals surface area contributed by atoms with Crippen LogP contribution in [0.25, 0.3) is 5.82 Å². The van der Waals surface area contributed by atoms with E-state index in [1.54, 1.807) is 24.4 Å². The van der Waals surface area contributed by atoms with Crippen LogP contribution in [0.2, 0.25) is 0 Å². The zero-order valence-corrected chi connectivity index (χ0v) is 18.3. The third-order valence-corrected chi connectivity index (χ3v) is 4.89. The number of aromatic nitrogens is 3. The van der Waals surface area contributed by atoms with Crippen LogP contribution >= 0.6 is 0 Å². The van der Waals surface area contributed by atoms with E-state index in [-0.39, 0.29) is 30.2 Å². The van der Waals surface area contributed by atoms with Crippen LogP contribution in [-0.4, -0.2) is 41.1 Å². The molecule has 0 fully saturated rings. The minimum atomic E-state index is -5.08. The standard InChI is InChI=1S/C22H16F4N6O4/c1-2-35-12-16(13-4-6-17(14(23)10-13)36-22(24,25)26)29-21(34)31-11-19(33)28-15-5-7-18(30-20(15)31)32-9-3-8-27-32/h2-7,9-10,16H,1,11-12H2,(H-,28,29,33,34)/p+1. The van der Waals surface area contributed by atoms with Gasteiger partial charge < -0.3 is 20.1 Å². The minimum Gasteiger partial charge on any atom is -0.499 e. The van der Waals surface area contributed by atoms with Gasteiger partial charge in [0, 0.05) is 4.68 Å². The molecule has 10 nitrogen and oxygen atoms in total. The molecule has 0 spiro atoms. The van der Waals surface area contributed by atoms with E-state index in [4.69, 9.17) is 4.74 Å². The maximum atomic E-state index is 14.3. The molecule has 0 saturated carbocycles. The summed E-state index contributed by atoms with van der Waals surface area (Å²) in [5, 5.41) is 9.16. The number of fused-ring (bicyclic) bond motifs is 1. The van der Waals surface area contributed by atoms with Crippen molar-refractivity contribution in [2.45, 2.75) is 12.4 Å². The van der Waals surface area contributed by atoms with Crippen molar-refractivity contribution in [2.24, 2.45) is 0 Å². The smallest absolute Gasteiger partial charge is 0.499 e. The number of benzene rings is 1. The van der Waals surface area contributed by atoms with Crippen molar-refractivity contribution >= 4 is 23.4 Å². The molecule has 0 saturated heterocycles. The number of hydrogen-bond donors (Lipinski definition) is 2. The molecule has 2 aromatic heterocycles. The second-order valence-corrected chi connectivity index (χ2v) is 7.30. The Balaban J connectivity index is 1.61. The summed E-state index contributed by atoms with van der Waals surface area (Å²) >= 11 is 0. The van der Waals surface area contributed by atoms with Crippen LogP contribution in [0.15, 0.2) is 55.4 Å². The molecule has 14 heteroatoms. The molecule has 3 amide bonds. The Morgan fingerprint density at radius 2 is 2.17 bits per heavy atom. The number of pyridine rings is 1. The monoisotopic (exact) mass is 505 g/mol. The van der Waals surface area contributed by atoms with Crippen LogP contribution in [0.1, 0.15) is 11.6 Å². The summed E-state index contributed by atoms with van der Waals surface area (Å²) in [5.41, 5.74) is 0.340. The predicted octanol–water partition coefficient (Wildman–Crippen LogP) is 2.68. The number of alkyl halides is 3. The topological polar surface area (TPSA) is 112 Å². The summed E-state index contributed by atoms with van der Waals surface area (Å²) in [6.45, 7) is 2.78. The fourth-order valence-electron chi connectivity index (χ4n) is 3.36. The van der Waals surface area contributed by atoms with Gasteiger partial charge in [-0.1, -0.05) is 12.6 Å². The summed E-state index contributed by atoms with van der Waals surface area (Å²) in [4.78, 5) is 30.9. The van der Waals surface area contributed by atoms with E-state index >= 15 is 0 Å². The van der Waals surface area contributed by atoms with E-state index in [0.717, 1.165) is 29.4 Å². The number of carbonyl (C=O) groups is 2. The molecule has 0 aliphatic carbocycles. The number of hydrogen-bond acceptors (Lipinski definition) is 5. The molecule has 4 rings (SSSR count). The predicted molar refractivity (Wildman–Crippen MR) is 114 cm³/mol. The number of amides is 3. The number of halogens is 4. The Bertz CT molecular complexity index is 1280. The quantitative estimate of drug-likeness (QED) is 0.377. The summed E-state index contributed by atoms with van der Waals surface area (Å²) in [7, 11) is 0. The van der Waals surface area contributed by atoms with E-state index in [1.807, 2.05) is 0 Å². The van der Waals surface area contributed by atoms with Gasteiger partial charge in [-0.15, -0.1) is 13.2 Å². The molecule has 3 aromatic rings. The van der Waals surface area contributed by atoms with E-state index in [9.17, 15) is 27.2 Å². The zero-order valence-electron chi connectivity index (χ0n) is 18.3. The first kappa shape index (κ1) is 24.3. The third-order valence-electron chi connectivity index (χ3n) is 4.89. The van der Waals surface area contributed by atoms with Crippen molar-refractivity contribution in [3.05, 3.63) is 73.0 Å². The largest absolute Gasteiger partial charge is 0.573 e. The average molecular weight is 505 g/mol. The molecule has 1 aliphatic rings. The Labute approximate surface area is 201 Å². The summed E-state index contributed by atoms with van der Waals surface area (Å²) in [6.07, 6.45) is 0.207. The fraction of sp³-hybridized carbons (Fsp3) is 0.182. The van der Waals surface area contributed by atoms with Crippen molar-refractivity contribution in [3.8, 4) is 11.6 Å². The van der Waals surface area contributed by atoms with Gasteiger partial charge in [-0.3, -0.25) is 9.69 Å². The molecule has 1 atom stereocenters. The van der Waals surface area contributed by atoms with Crippen molar-refractivity contribution in [1.29, 1.82) is 0 Å². The zero-order chi connectivity index (χ0) is 25.9. The molecule has 1 aromatic carbocycles. The van der Waals surface area contributed by atoms with Crippen LogP contribution in [0.3, 0.4) is 0 Å². The average Bonchev–Trinajstić information content (AvgIpc) is 3.36. The van der Waals surface area contributed by atoms with Gasteiger partial charge in [0.2, 0.25) is 11.7 Å². The number of carbonyl (C=O) groups excluding carboxylic acids is 2. The molecular weight excluding hydrogens is 488 g/mol. The molecule has 186 valence electrons. The SMILES string of the molecule is C=COCC(NC(=O)N1CC(=O)Nc2ccc(-n3ccc#[n+]3)nc21)c1ccc(OC(F)(F)F)c(F)c1. The van der Waals surface area contributed by atoms with E-state index in [1.165, 1.54) is 4.68 Å². The molecule has 3 heterocycles. The first-order valence-electron chi connectivity index (χ1n) is 10.2. The lowest BCUT2D eigenvalue weighted by atomic mass is 10.1. The first-order chi connectivity index (χ1) is 17.1. The number of rotatable bonds is 7. The Morgan fingerprint density at radius 1 is 1.36 bits per heavy atom. The normalized spacial score (nSPS) is 13.7. The Kier molecular flexibility index (Phi) is 6.64. The van der Waals surface area contributed by atoms with Crippen molar-refractivity contribution in [3.63, 3.8) is 0 Å².